The molecule has 0 aliphatic rings. The van der Waals surface area contributed by atoms with Gasteiger partial charge in [-0.05, 0) is 25.1 Å². The van der Waals surface area contributed by atoms with E-state index in [4.69, 9.17) is 5.73 Å². The number of carbonyl (C=O) groups is 2. The fourth-order valence-electron chi connectivity index (χ4n) is 1.98. The number of thiazole rings is 1. The zero-order valence-corrected chi connectivity index (χ0v) is 13.0. The third kappa shape index (κ3) is 3.27. The number of pyridine rings is 1. The Labute approximate surface area is 135 Å². The molecule has 0 saturated carbocycles. The number of nitrogens with one attached hydrogen (secondary N) is 2. The molecule has 0 fully saturated rings. The quantitative estimate of drug-likeness (QED) is 0.681. The topological polar surface area (TPSA) is 114 Å². The van der Waals surface area contributed by atoms with E-state index in [0.717, 1.165) is 11.3 Å². The molecule has 3 rings (SSSR count). The van der Waals surface area contributed by atoms with Crippen molar-refractivity contribution in [2.75, 3.05) is 5.32 Å². The predicted octanol–water partition coefficient (Wildman–Crippen LogP) is 2.19. The molecule has 0 aliphatic carbocycles. The molecule has 7 nitrogen and oxygen atoms in total. The van der Waals surface area contributed by atoms with Crippen LogP contribution in [0.2, 0.25) is 0 Å². The van der Waals surface area contributed by atoms with Crippen molar-refractivity contribution in [1.82, 2.24) is 15.0 Å². The van der Waals surface area contributed by atoms with Crippen molar-refractivity contribution in [2.45, 2.75) is 6.92 Å². The van der Waals surface area contributed by atoms with Gasteiger partial charge in [-0.2, -0.15) is 0 Å². The first-order valence-electron chi connectivity index (χ1n) is 6.72. The number of hydrogen-bond acceptors (Lipinski definition) is 5. The number of aryl methyl sites for hydroxylation is 1. The van der Waals surface area contributed by atoms with Gasteiger partial charge in [-0.3, -0.25) is 14.9 Å². The molecule has 116 valence electrons. The minimum Gasteiger partial charge on any atom is -0.364 e. The third-order valence-electron chi connectivity index (χ3n) is 3.09. The lowest BCUT2D eigenvalue weighted by molar-refractivity contribution is 0.0993. The van der Waals surface area contributed by atoms with Gasteiger partial charge in [0.2, 0.25) is 0 Å². The van der Waals surface area contributed by atoms with Crippen LogP contribution in [0.3, 0.4) is 0 Å². The Hall–Kier alpha value is -3.00. The van der Waals surface area contributed by atoms with Crippen LogP contribution in [0.5, 0.6) is 0 Å². The van der Waals surface area contributed by atoms with E-state index in [0.29, 0.717) is 22.2 Å². The average Bonchev–Trinajstić information content (AvgIpc) is 3.15. The smallest absolute Gasteiger partial charge is 0.276 e. The van der Waals surface area contributed by atoms with Gasteiger partial charge in [-0.1, -0.05) is 6.07 Å². The molecular formula is C15H13N5O2S. The summed E-state index contributed by atoms with van der Waals surface area (Å²) in [6.07, 6.45) is 1.64. The number of H-pyrrole nitrogens is 1. The maximum atomic E-state index is 12.1. The van der Waals surface area contributed by atoms with E-state index in [1.165, 1.54) is 11.3 Å². The van der Waals surface area contributed by atoms with Crippen LogP contribution in [-0.2, 0) is 0 Å². The summed E-state index contributed by atoms with van der Waals surface area (Å²) in [6.45, 7) is 1.82. The van der Waals surface area contributed by atoms with Gasteiger partial charge < -0.3 is 10.7 Å². The number of aromatic nitrogens is 3. The molecule has 0 unspecified atom stereocenters. The molecule has 0 bridgehead atoms. The van der Waals surface area contributed by atoms with Gasteiger partial charge in [0.15, 0.2) is 5.13 Å². The van der Waals surface area contributed by atoms with Crippen molar-refractivity contribution in [3.8, 4) is 11.3 Å². The van der Waals surface area contributed by atoms with Gasteiger partial charge in [0.25, 0.3) is 11.8 Å². The van der Waals surface area contributed by atoms with E-state index >= 15 is 0 Å². The highest BCUT2D eigenvalue weighted by Gasteiger charge is 2.12. The Kier molecular flexibility index (Phi) is 3.90. The van der Waals surface area contributed by atoms with Gasteiger partial charge in [0, 0.05) is 22.8 Å². The number of nitrogens with zero attached hydrogens (tertiary/aromatic N) is 2. The van der Waals surface area contributed by atoms with Crippen molar-refractivity contribution in [3.63, 3.8) is 0 Å². The maximum absolute atomic E-state index is 12.1. The summed E-state index contributed by atoms with van der Waals surface area (Å²) >= 11 is 1.29. The van der Waals surface area contributed by atoms with Gasteiger partial charge in [0.1, 0.15) is 11.4 Å². The molecule has 0 atom stereocenters. The minimum absolute atomic E-state index is 0.308. The summed E-state index contributed by atoms with van der Waals surface area (Å²) in [6, 6.07) is 6.85. The van der Waals surface area contributed by atoms with Crippen LogP contribution < -0.4 is 11.1 Å². The van der Waals surface area contributed by atoms with E-state index in [-0.39, 0.29) is 5.91 Å². The van der Waals surface area contributed by atoms with Gasteiger partial charge >= 0.3 is 0 Å². The van der Waals surface area contributed by atoms with E-state index in [2.05, 4.69) is 20.3 Å². The van der Waals surface area contributed by atoms with E-state index in [1.807, 2.05) is 13.0 Å². The van der Waals surface area contributed by atoms with Crippen LogP contribution in [0.4, 0.5) is 5.13 Å². The number of primary amides is 1. The standard InChI is InChI=1S/C15H13N5O2S/c1-8-3-2-4-10(18-8)14(22)20-15-19-12(7-23-15)9-5-11(13(16)21)17-6-9/h2-7,17H,1H3,(H2,16,21)(H,19,20,22). The number of carbonyl (C=O) groups excluding carboxylic acids is 2. The Bertz CT molecular complexity index is 883. The Morgan fingerprint density at radius 2 is 2.13 bits per heavy atom. The first kappa shape index (κ1) is 14.9. The lowest BCUT2D eigenvalue weighted by atomic mass is 10.2. The summed E-state index contributed by atoms with van der Waals surface area (Å²) in [5.74, 6) is -0.855. The van der Waals surface area contributed by atoms with Crippen molar-refractivity contribution in [1.29, 1.82) is 0 Å². The van der Waals surface area contributed by atoms with Crippen molar-refractivity contribution in [2.24, 2.45) is 5.73 Å². The maximum Gasteiger partial charge on any atom is 0.276 e. The highest BCUT2D eigenvalue weighted by atomic mass is 32.1. The molecule has 3 aromatic rings. The molecule has 0 aliphatic heterocycles. The zero-order chi connectivity index (χ0) is 16.4. The highest BCUT2D eigenvalue weighted by Crippen LogP contribution is 2.25. The number of aromatic amines is 1. The van der Waals surface area contributed by atoms with Crippen LogP contribution in [0.15, 0.2) is 35.8 Å². The van der Waals surface area contributed by atoms with Crippen LogP contribution in [0.25, 0.3) is 11.3 Å². The van der Waals surface area contributed by atoms with Crippen molar-refractivity contribution in [3.05, 3.63) is 52.9 Å². The Morgan fingerprint density at radius 3 is 2.83 bits per heavy atom. The molecule has 8 heteroatoms. The monoisotopic (exact) mass is 327 g/mol. The molecule has 3 aromatic heterocycles. The van der Waals surface area contributed by atoms with E-state index in [9.17, 15) is 9.59 Å². The molecule has 3 heterocycles. The fourth-order valence-corrected chi connectivity index (χ4v) is 2.69. The lowest BCUT2D eigenvalue weighted by Gasteiger charge is -2.01. The molecule has 23 heavy (non-hydrogen) atoms. The van der Waals surface area contributed by atoms with Crippen LogP contribution in [0.1, 0.15) is 26.7 Å². The first-order chi connectivity index (χ1) is 11.0. The third-order valence-corrected chi connectivity index (χ3v) is 3.85. The molecule has 0 spiro atoms. The molecule has 0 radical (unpaired) electrons. The predicted molar refractivity (Wildman–Crippen MR) is 87.3 cm³/mol. The highest BCUT2D eigenvalue weighted by molar-refractivity contribution is 7.14. The van der Waals surface area contributed by atoms with Crippen LogP contribution in [0, 0.1) is 6.92 Å². The Balaban J connectivity index is 1.76. The fraction of sp³-hybridized carbons (Fsp3) is 0.0667. The Morgan fingerprint density at radius 1 is 1.30 bits per heavy atom. The summed E-state index contributed by atoms with van der Waals surface area (Å²) in [7, 11) is 0. The number of amides is 2. The normalized spacial score (nSPS) is 10.5. The number of nitrogens with two attached hydrogens (primary N) is 1. The van der Waals surface area contributed by atoms with Gasteiger partial charge in [0.05, 0.1) is 5.69 Å². The number of hydrogen-bond donors (Lipinski definition) is 3. The SMILES string of the molecule is Cc1cccc(C(=O)Nc2nc(-c3c[nH]c(C(N)=O)c3)cs2)n1. The van der Waals surface area contributed by atoms with E-state index in [1.54, 1.807) is 29.8 Å². The van der Waals surface area contributed by atoms with Crippen molar-refractivity contribution < 1.29 is 9.59 Å². The zero-order valence-electron chi connectivity index (χ0n) is 12.2. The van der Waals surface area contributed by atoms with Gasteiger partial charge in [-0.15, -0.1) is 11.3 Å². The second-order valence-corrected chi connectivity index (χ2v) is 5.68. The van der Waals surface area contributed by atoms with E-state index < -0.39 is 5.91 Å². The van der Waals surface area contributed by atoms with Crippen LogP contribution >= 0.6 is 11.3 Å². The van der Waals surface area contributed by atoms with Crippen molar-refractivity contribution >= 4 is 28.3 Å². The number of anilines is 1. The van der Waals surface area contributed by atoms with Crippen LogP contribution in [-0.4, -0.2) is 26.8 Å². The molecule has 2 amide bonds. The molecule has 0 saturated heterocycles. The average molecular weight is 327 g/mol. The number of rotatable bonds is 4. The summed E-state index contributed by atoms with van der Waals surface area (Å²) in [5.41, 5.74) is 7.98. The summed E-state index contributed by atoms with van der Waals surface area (Å²) in [4.78, 5) is 34.5. The molecular weight excluding hydrogens is 314 g/mol. The summed E-state index contributed by atoms with van der Waals surface area (Å²) in [5, 5.41) is 4.95. The lowest BCUT2D eigenvalue weighted by Crippen LogP contribution is -2.13. The molecule has 0 aromatic carbocycles. The summed E-state index contributed by atoms with van der Waals surface area (Å²) < 4.78 is 0. The second-order valence-electron chi connectivity index (χ2n) is 4.82. The molecule has 4 N–H and O–H groups in total. The second kappa shape index (κ2) is 6.01. The minimum atomic E-state index is -0.537. The largest absolute Gasteiger partial charge is 0.364 e. The first-order valence-corrected chi connectivity index (χ1v) is 7.60. The van der Waals surface area contributed by atoms with Gasteiger partial charge in [-0.25, -0.2) is 9.97 Å².